The zero-order valence-corrected chi connectivity index (χ0v) is 9.94. The van der Waals surface area contributed by atoms with Crippen LogP contribution in [0.1, 0.15) is 15.9 Å². The molecule has 0 unspecified atom stereocenters. The topological polar surface area (TPSA) is 40.1 Å². The standard InChI is InChI=1S/C14H12O2S/c15-14(16)12-8-4-5-9-13(12)17-10-11-6-2-1-3-7-11/h1-9H,10H2,(H,15,16)/p-1. The first kappa shape index (κ1) is 11.7. The van der Waals surface area contributed by atoms with Gasteiger partial charge in [-0.15, -0.1) is 11.8 Å². The average molecular weight is 243 g/mol. The summed E-state index contributed by atoms with van der Waals surface area (Å²) in [5.41, 5.74) is 1.43. The second-order valence-corrected chi connectivity index (χ2v) is 4.58. The Morgan fingerprint density at radius 2 is 1.65 bits per heavy atom. The van der Waals surface area contributed by atoms with E-state index >= 15 is 0 Å². The largest absolute Gasteiger partial charge is 0.545 e. The Bertz CT molecular complexity index is 509. The first-order valence-corrected chi connectivity index (χ1v) is 6.23. The third kappa shape index (κ3) is 3.11. The summed E-state index contributed by atoms with van der Waals surface area (Å²) >= 11 is 1.51. The van der Waals surface area contributed by atoms with E-state index in [0.717, 1.165) is 10.6 Å². The Hall–Kier alpha value is -1.74. The van der Waals surface area contributed by atoms with Crippen LogP contribution >= 0.6 is 11.8 Å². The van der Waals surface area contributed by atoms with E-state index in [1.54, 1.807) is 18.2 Å². The molecule has 86 valence electrons. The minimum atomic E-state index is -1.12. The number of rotatable bonds is 4. The lowest BCUT2D eigenvalue weighted by atomic mass is 10.2. The Kier molecular flexibility index (Phi) is 3.83. The van der Waals surface area contributed by atoms with E-state index in [1.807, 2.05) is 36.4 Å². The first-order valence-electron chi connectivity index (χ1n) is 5.24. The SMILES string of the molecule is O=C([O-])c1ccccc1SCc1ccccc1. The highest BCUT2D eigenvalue weighted by Crippen LogP contribution is 2.25. The number of carboxylic acids is 1. The molecule has 17 heavy (non-hydrogen) atoms. The summed E-state index contributed by atoms with van der Waals surface area (Å²) < 4.78 is 0. The number of carbonyl (C=O) groups is 1. The molecular formula is C14H11O2S-. The molecule has 3 heteroatoms. The molecule has 0 aliphatic heterocycles. The van der Waals surface area contributed by atoms with Crippen molar-refractivity contribution < 1.29 is 9.90 Å². The number of hydrogen-bond donors (Lipinski definition) is 0. The molecule has 0 radical (unpaired) electrons. The quantitative estimate of drug-likeness (QED) is 0.774. The smallest absolute Gasteiger partial charge is 0.0726 e. The fraction of sp³-hybridized carbons (Fsp3) is 0.0714. The average Bonchev–Trinajstić information content (AvgIpc) is 2.38. The molecule has 0 saturated carbocycles. The van der Waals surface area contributed by atoms with Gasteiger partial charge in [0.1, 0.15) is 0 Å². The number of hydrogen-bond acceptors (Lipinski definition) is 3. The highest BCUT2D eigenvalue weighted by Gasteiger charge is 2.03. The van der Waals surface area contributed by atoms with E-state index in [4.69, 9.17) is 0 Å². The van der Waals surface area contributed by atoms with E-state index in [-0.39, 0.29) is 5.56 Å². The molecular weight excluding hydrogens is 232 g/mol. The Morgan fingerprint density at radius 3 is 2.35 bits per heavy atom. The highest BCUT2D eigenvalue weighted by atomic mass is 32.2. The van der Waals surface area contributed by atoms with Crippen molar-refractivity contribution in [3.05, 3.63) is 65.7 Å². The van der Waals surface area contributed by atoms with Gasteiger partial charge in [0.15, 0.2) is 0 Å². The molecule has 0 saturated heterocycles. The lowest BCUT2D eigenvalue weighted by Crippen LogP contribution is -2.22. The van der Waals surface area contributed by atoms with Crippen LogP contribution in [0, 0.1) is 0 Å². The first-order chi connectivity index (χ1) is 8.27. The zero-order chi connectivity index (χ0) is 12.1. The normalized spacial score (nSPS) is 10.1. The number of carboxylic acid groups (broad SMARTS) is 1. The van der Waals surface area contributed by atoms with Gasteiger partial charge in [-0.05, 0) is 11.6 Å². The molecule has 0 amide bonds. The fourth-order valence-corrected chi connectivity index (χ4v) is 2.49. The van der Waals surface area contributed by atoms with Gasteiger partial charge in [-0.1, -0.05) is 48.5 Å². The van der Waals surface area contributed by atoms with Gasteiger partial charge in [0.05, 0.1) is 5.97 Å². The van der Waals surface area contributed by atoms with Crippen LogP contribution in [-0.2, 0) is 5.75 Å². The number of carbonyl (C=O) groups excluding carboxylic acids is 1. The summed E-state index contributed by atoms with van der Waals surface area (Å²) in [4.78, 5) is 11.7. The second-order valence-electron chi connectivity index (χ2n) is 3.56. The minimum absolute atomic E-state index is 0.258. The molecule has 0 fully saturated rings. The summed E-state index contributed by atoms with van der Waals surface area (Å²) in [6.07, 6.45) is 0. The van der Waals surface area contributed by atoms with Gasteiger partial charge in [0, 0.05) is 16.2 Å². The summed E-state index contributed by atoms with van der Waals surface area (Å²) in [6.45, 7) is 0. The number of thioether (sulfide) groups is 1. The van der Waals surface area contributed by atoms with Crippen molar-refractivity contribution in [2.45, 2.75) is 10.6 Å². The lowest BCUT2D eigenvalue weighted by molar-refractivity contribution is -0.255. The van der Waals surface area contributed by atoms with Crippen LogP contribution in [0.15, 0.2) is 59.5 Å². The van der Waals surface area contributed by atoms with Crippen molar-refractivity contribution in [1.82, 2.24) is 0 Å². The van der Waals surface area contributed by atoms with Crippen LogP contribution in [0.2, 0.25) is 0 Å². The third-order valence-corrected chi connectivity index (χ3v) is 3.49. The maximum absolute atomic E-state index is 10.9. The maximum atomic E-state index is 10.9. The Morgan fingerprint density at radius 1 is 1.00 bits per heavy atom. The maximum Gasteiger partial charge on any atom is 0.0726 e. The number of benzene rings is 2. The Balaban J connectivity index is 2.12. The predicted octanol–water partition coefficient (Wildman–Crippen LogP) is 2.34. The van der Waals surface area contributed by atoms with E-state index in [9.17, 15) is 9.90 Å². The van der Waals surface area contributed by atoms with E-state index in [2.05, 4.69) is 0 Å². The van der Waals surface area contributed by atoms with Gasteiger partial charge in [-0.2, -0.15) is 0 Å². The molecule has 0 aliphatic carbocycles. The molecule has 2 aromatic carbocycles. The van der Waals surface area contributed by atoms with Crippen molar-refractivity contribution in [2.24, 2.45) is 0 Å². The van der Waals surface area contributed by atoms with Crippen LogP contribution in [0.5, 0.6) is 0 Å². The molecule has 2 aromatic rings. The number of aromatic carboxylic acids is 1. The van der Waals surface area contributed by atoms with E-state index in [0.29, 0.717) is 0 Å². The Labute approximate surface area is 104 Å². The zero-order valence-electron chi connectivity index (χ0n) is 9.13. The summed E-state index contributed by atoms with van der Waals surface area (Å²) in [6, 6.07) is 16.9. The fourth-order valence-electron chi connectivity index (χ4n) is 1.50. The van der Waals surface area contributed by atoms with Gasteiger partial charge >= 0.3 is 0 Å². The van der Waals surface area contributed by atoms with Gasteiger partial charge in [0.2, 0.25) is 0 Å². The van der Waals surface area contributed by atoms with Crippen molar-refractivity contribution in [2.75, 3.05) is 0 Å². The van der Waals surface area contributed by atoms with Gasteiger partial charge in [-0.25, -0.2) is 0 Å². The van der Waals surface area contributed by atoms with Crippen LogP contribution in [0.25, 0.3) is 0 Å². The van der Waals surface area contributed by atoms with Crippen molar-refractivity contribution >= 4 is 17.7 Å². The molecule has 2 rings (SSSR count). The van der Waals surface area contributed by atoms with Crippen molar-refractivity contribution in [1.29, 1.82) is 0 Å². The van der Waals surface area contributed by atoms with Gasteiger partial charge < -0.3 is 9.90 Å². The predicted molar refractivity (Wildman–Crippen MR) is 66.8 cm³/mol. The summed E-state index contributed by atoms with van der Waals surface area (Å²) in [5.74, 6) is -0.369. The van der Waals surface area contributed by atoms with E-state index in [1.165, 1.54) is 17.3 Å². The van der Waals surface area contributed by atoms with E-state index < -0.39 is 5.97 Å². The molecule has 0 atom stereocenters. The van der Waals surface area contributed by atoms with Crippen LogP contribution in [0.4, 0.5) is 0 Å². The molecule has 0 N–H and O–H groups in total. The molecule has 0 heterocycles. The minimum Gasteiger partial charge on any atom is -0.545 e. The van der Waals surface area contributed by atoms with Crippen LogP contribution in [-0.4, -0.2) is 5.97 Å². The van der Waals surface area contributed by atoms with Crippen molar-refractivity contribution in [3.8, 4) is 0 Å². The third-order valence-electron chi connectivity index (χ3n) is 2.34. The van der Waals surface area contributed by atoms with Crippen LogP contribution < -0.4 is 5.11 Å². The molecule has 2 nitrogen and oxygen atoms in total. The van der Waals surface area contributed by atoms with Gasteiger partial charge in [0.25, 0.3) is 0 Å². The second kappa shape index (κ2) is 5.55. The summed E-state index contributed by atoms with van der Waals surface area (Å²) in [7, 11) is 0. The van der Waals surface area contributed by atoms with Crippen molar-refractivity contribution in [3.63, 3.8) is 0 Å². The molecule has 0 aliphatic rings. The highest BCUT2D eigenvalue weighted by molar-refractivity contribution is 7.98. The molecule has 0 spiro atoms. The van der Waals surface area contributed by atoms with Gasteiger partial charge in [-0.3, -0.25) is 0 Å². The van der Waals surface area contributed by atoms with Crippen LogP contribution in [0.3, 0.4) is 0 Å². The summed E-state index contributed by atoms with van der Waals surface area (Å²) in [5, 5.41) is 10.9. The monoisotopic (exact) mass is 243 g/mol. The molecule has 0 aromatic heterocycles. The molecule has 0 bridgehead atoms. The lowest BCUT2D eigenvalue weighted by Gasteiger charge is -2.09.